The third-order valence-corrected chi connectivity index (χ3v) is 10.7. The van der Waals surface area contributed by atoms with Crippen LogP contribution in [0.25, 0.3) is 0 Å². The second kappa shape index (κ2) is 15.9. The van der Waals surface area contributed by atoms with Gasteiger partial charge in [-0.2, -0.15) is 13.2 Å². The summed E-state index contributed by atoms with van der Waals surface area (Å²) < 4.78 is 38.0. The fourth-order valence-electron chi connectivity index (χ4n) is 8.12. The van der Waals surface area contributed by atoms with E-state index in [1.165, 1.54) is 32.1 Å². The maximum absolute atomic E-state index is 13.4. The van der Waals surface area contributed by atoms with E-state index < -0.39 is 18.1 Å². The van der Waals surface area contributed by atoms with Crippen molar-refractivity contribution >= 4 is 23.9 Å². The fraction of sp³-hybridized carbons (Fsp3) is 0.714. The number of carboxylic acid groups (broad SMARTS) is 1. The fourth-order valence-corrected chi connectivity index (χ4v) is 8.12. The van der Waals surface area contributed by atoms with E-state index in [1.54, 1.807) is 12.1 Å². The molecule has 1 atom stereocenters. The molecule has 3 saturated heterocycles. The molecule has 4 aliphatic rings. The summed E-state index contributed by atoms with van der Waals surface area (Å²) in [5, 5.41) is 7.12. The van der Waals surface area contributed by atoms with Crippen molar-refractivity contribution in [1.29, 1.82) is 0 Å². The second-order valence-electron chi connectivity index (χ2n) is 14.0. The Labute approximate surface area is 281 Å². The van der Waals surface area contributed by atoms with Crippen LogP contribution in [0, 0.1) is 19.8 Å². The van der Waals surface area contributed by atoms with Crippen molar-refractivity contribution in [3.05, 3.63) is 34.4 Å². The summed E-state index contributed by atoms with van der Waals surface area (Å²) in [5.74, 6) is -2.56. The minimum atomic E-state index is -5.08. The van der Waals surface area contributed by atoms with Gasteiger partial charge in [-0.3, -0.25) is 14.5 Å². The number of rotatable bonds is 8. The van der Waals surface area contributed by atoms with Crippen LogP contribution in [0.15, 0.2) is 12.1 Å². The molecule has 0 bridgehead atoms. The number of aryl methyl sites for hydroxylation is 2. The van der Waals surface area contributed by atoms with Gasteiger partial charge in [0.25, 0.3) is 5.91 Å². The zero-order valence-electron chi connectivity index (χ0n) is 28.4. The van der Waals surface area contributed by atoms with Gasteiger partial charge in [-0.1, -0.05) is 39.0 Å². The average molecular weight is 681 g/mol. The quantitative estimate of drug-likeness (QED) is 0.341. The van der Waals surface area contributed by atoms with Crippen LogP contribution in [0.4, 0.5) is 18.0 Å². The molecule has 1 saturated carbocycles. The van der Waals surface area contributed by atoms with Gasteiger partial charge in [-0.25, -0.2) is 9.59 Å². The number of ether oxygens (including phenoxy) is 1. The number of unbranched alkanes of at least 4 members (excludes halogenated alkanes) is 1. The first-order chi connectivity index (χ1) is 22.7. The number of carbonyl (C=O) groups is 4. The summed E-state index contributed by atoms with van der Waals surface area (Å²) in [7, 11) is 0. The normalized spacial score (nSPS) is 22.3. The number of benzene rings is 1. The first-order valence-corrected chi connectivity index (χ1v) is 17.4. The number of aliphatic carboxylic acids is 1. The third kappa shape index (κ3) is 8.81. The van der Waals surface area contributed by atoms with Crippen molar-refractivity contribution in [2.45, 2.75) is 122 Å². The van der Waals surface area contributed by atoms with Crippen molar-refractivity contribution in [3.8, 4) is 0 Å². The summed E-state index contributed by atoms with van der Waals surface area (Å²) in [4.78, 5) is 53.9. The molecule has 1 aromatic carbocycles. The largest absolute Gasteiger partial charge is 0.490 e. The summed E-state index contributed by atoms with van der Waals surface area (Å²) in [5.41, 5.74) is 7.84. The molecule has 0 aromatic heterocycles. The Balaban J connectivity index is 0.000000671. The smallest absolute Gasteiger partial charge is 0.475 e. The first-order valence-electron chi connectivity index (χ1n) is 17.4. The van der Waals surface area contributed by atoms with Crippen molar-refractivity contribution in [3.63, 3.8) is 0 Å². The number of likely N-dealkylation sites (tertiary alicyclic amines) is 2. The van der Waals surface area contributed by atoms with E-state index in [0.29, 0.717) is 23.1 Å². The van der Waals surface area contributed by atoms with Crippen molar-refractivity contribution in [2.24, 2.45) is 11.7 Å². The molecule has 5 rings (SSSR count). The molecule has 4 fully saturated rings. The second-order valence-corrected chi connectivity index (χ2v) is 14.0. The van der Waals surface area contributed by atoms with Gasteiger partial charge in [0.1, 0.15) is 5.60 Å². The van der Waals surface area contributed by atoms with E-state index in [-0.39, 0.29) is 23.6 Å². The van der Waals surface area contributed by atoms with Crippen LogP contribution in [0.3, 0.4) is 0 Å². The number of piperidine rings is 2. The van der Waals surface area contributed by atoms with Gasteiger partial charge in [0.05, 0.1) is 6.04 Å². The van der Waals surface area contributed by atoms with Crippen LogP contribution in [-0.4, -0.2) is 100 Å². The predicted octanol–water partition coefficient (Wildman–Crippen LogP) is 6.07. The van der Waals surface area contributed by atoms with Crippen molar-refractivity contribution < 1.29 is 42.2 Å². The highest BCUT2D eigenvalue weighted by atomic mass is 19.4. The van der Waals surface area contributed by atoms with Crippen LogP contribution < -0.4 is 5.73 Å². The number of carboxylic acids is 1. The Morgan fingerprint density at radius 2 is 1.54 bits per heavy atom. The van der Waals surface area contributed by atoms with E-state index in [1.807, 2.05) is 18.7 Å². The van der Waals surface area contributed by atoms with Gasteiger partial charge in [-0.15, -0.1) is 0 Å². The molecule has 1 aromatic rings. The number of alkyl halides is 3. The summed E-state index contributed by atoms with van der Waals surface area (Å²) >= 11 is 0. The Morgan fingerprint density at radius 1 is 0.979 bits per heavy atom. The number of nitrogens with two attached hydrogens (primary N) is 1. The highest BCUT2D eigenvalue weighted by Crippen LogP contribution is 2.43. The highest BCUT2D eigenvalue weighted by Gasteiger charge is 2.55. The van der Waals surface area contributed by atoms with E-state index in [9.17, 15) is 27.6 Å². The van der Waals surface area contributed by atoms with Crippen LogP contribution in [0.5, 0.6) is 0 Å². The van der Waals surface area contributed by atoms with E-state index in [4.69, 9.17) is 20.4 Å². The number of nitrogens with zero attached hydrogens (tertiary/aromatic N) is 3. The molecule has 1 spiro atoms. The summed E-state index contributed by atoms with van der Waals surface area (Å²) in [6.07, 6.45) is 8.23. The molecule has 1 unspecified atom stereocenters. The van der Waals surface area contributed by atoms with Crippen molar-refractivity contribution in [2.75, 3.05) is 32.7 Å². The van der Waals surface area contributed by atoms with E-state index in [0.717, 1.165) is 88.8 Å². The van der Waals surface area contributed by atoms with Crippen molar-refractivity contribution in [1.82, 2.24) is 14.7 Å². The SMILES string of the molecule is CCCCC1N(CC2CCCCC2)C(=O)OC12CCN(C1CCN(C(=O)c3c(C)cc(C(N)=O)cc3C)CC1)CC2.O=C(O)C(F)(F)F. The maximum Gasteiger partial charge on any atom is 0.490 e. The van der Waals surface area contributed by atoms with Crippen LogP contribution >= 0.6 is 0 Å². The lowest BCUT2D eigenvalue weighted by Gasteiger charge is -2.46. The molecule has 0 radical (unpaired) electrons. The first kappa shape index (κ1) is 37.5. The molecule has 3 N–H and O–H groups in total. The van der Waals surface area contributed by atoms with Gasteiger partial charge < -0.3 is 25.4 Å². The third-order valence-electron chi connectivity index (χ3n) is 10.7. The number of primary amides is 1. The van der Waals surface area contributed by atoms with E-state index >= 15 is 0 Å². The topological polar surface area (TPSA) is 133 Å². The molecule has 3 aliphatic heterocycles. The van der Waals surface area contributed by atoms with Crippen LogP contribution in [0.2, 0.25) is 0 Å². The Bertz CT molecular complexity index is 1290. The molecule has 1 aliphatic carbocycles. The lowest BCUT2D eigenvalue weighted by atomic mass is 9.80. The number of amides is 3. The molecule has 3 heterocycles. The number of hydrogen-bond donors (Lipinski definition) is 2. The lowest BCUT2D eigenvalue weighted by molar-refractivity contribution is -0.192. The minimum Gasteiger partial charge on any atom is -0.475 e. The zero-order valence-corrected chi connectivity index (χ0v) is 28.4. The molecule has 13 heteroatoms. The monoisotopic (exact) mass is 680 g/mol. The Morgan fingerprint density at radius 3 is 2.04 bits per heavy atom. The molecular formula is C35H51F3N4O6. The summed E-state index contributed by atoms with van der Waals surface area (Å²) in [6, 6.07) is 4.09. The van der Waals surface area contributed by atoms with Gasteiger partial charge >= 0.3 is 18.2 Å². The lowest BCUT2D eigenvalue weighted by Crippen LogP contribution is -2.56. The van der Waals surface area contributed by atoms with Gasteiger partial charge in [0.2, 0.25) is 5.91 Å². The predicted molar refractivity (Wildman–Crippen MR) is 174 cm³/mol. The molecule has 10 nitrogen and oxygen atoms in total. The Hall–Kier alpha value is -3.35. The number of hydrogen-bond acceptors (Lipinski definition) is 6. The van der Waals surface area contributed by atoms with Crippen LogP contribution in [0.1, 0.15) is 116 Å². The highest BCUT2D eigenvalue weighted by molar-refractivity contribution is 6.00. The number of halogens is 3. The molecule has 48 heavy (non-hydrogen) atoms. The van der Waals surface area contributed by atoms with Gasteiger partial charge in [0, 0.05) is 62.7 Å². The Kier molecular flexibility index (Phi) is 12.4. The standard InChI is InChI=1S/C33H50N4O4.C2HF3O2/c1-4-5-11-28-33(41-32(40)37(28)22-25-9-7-6-8-10-25)14-18-35(19-15-33)27-12-16-36(17-13-27)31(39)29-23(2)20-26(30(34)38)21-24(29)3;3-2(4,5)1(6)7/h20-21,25,27-28H,4-19,22H2,1-3H3,(H2,34,38);(H,6,7). The zero-order chi connectivity index (χ0) is 35.2. The molecule has 268 valence electrons. The average Bonchev–Trinajstić information content (AvgIpc) is 3.28. The van der Waals surface area contributed by atoms with Gasteiger partial charge in [0.15, 0.2) is 0 Å². The van der Waals surface area contributed by atoms with E-state index in [2.05, 4.69) is 16.7 Å². The maximum atomic E-state index is 13.4. The molecule has 3 amide bonds. The number of carbonyl (C=O) groups excluding carboxylic acids is 3. The van der Waals surface area contributed by atoms with Crippen LogP contribution in [-0.2, 0) is 9.53 Å². The summed E-state index contributed by atoms with van der Waals surface area (Å²) in [6.45, 7) is 10.2. The van der Waals surface area contributed by atoms with Gasteiger partial charge in [-0.05, 0) is 75.1 Å². The minimum absolute atomic E-state index is 0.0433. The molecular weight excluding hydrogens is 629 g/mol.